The van der Waals surface area contributed by atoms with Crippen LogP contribution in [0.25, 0.3) is 0 Å². The first kappa shape index (κ1) is 14.3. The van der Waals surface area contributed by atoms with Gasteiger partial charge in [0, 0.05) is 25.1 Å². The molecule has 1 aliphatic heterocycles. The molecule has 0 N–H and O–H groups in total. The van der Waals surface area contributed by atoms with Crippen LogP contribution in [-0.2, 0) is 19.4 Å². The molecule has 1 saturated heterocycles. The standard InChI is InChI=1S/C16H18FN5O/c17-13-6-18-16(19-7-13)21-8-11(9-21)10-22-15(23)5-12-3-1-2-4-14(12)20-22/h5-7,11H,1-4,8-10H2. The van der Waals surface area contributed by atoms with Crippen LogP contribution in [0.5, 0.6) is 0 Å². The van der Waals surface area contributed by atoms with Crippen molar-refractivity contribution < 1.29 is 4.39 Å². The first-order chi connectivity index (χ1) is 11.2. The molecule has 0 unspecified atom stereocenters. The minimum absolute atomic E-state index is 0.0119. The average molecular weight is 315 g/mol. The normalized spacial score (nSPS) is 17.7. The van der Waals surface area contributed by atoms with Gasteiger partial charge in [-0.1, -0.05) is 0 Å². The first-order valence-electron chi connectivity index (χ1n) is 8.01. The first-order valence-corrected chi connectivity index (χ1v) is 8.01. The number of hydrogen-bond acceptors (Lipinski definition) is 5. The molecule has 1 aliphatic carbocycles. The molecule has 2 aromatic heterocycles. The Hall–Kier alpha value is -2.31. The van der Waals surface area contributed by atoms with Crippen molar-refractivity contribution >= 4 is 5.95 Å². The SMILES string of the molecule is O=c1cc2c(nn1CC1CN(c3ncc(F)cn3)C1)CCCC2. The van der Waals surface area contributed by atoms with Gasteiger partial charge in [0.2, 0.25) is 5.95 Å². The van der Waals surface area contributed by atoms with Crippen LogP contribution in [0.2, 0.25) is 0 Å². The number of rotatable bonds is 3. The zero-order chi connectivity index (χ0) is 15.8. The fourth-order valence-electron chi connectivity index (χ4n) is 3.29. The molecule has 2 aliphatic rings. The summed E-state index contributed by atoms with van der Waals surface area (Å²) in [6.45, 7) is 2.14. The summed E-state index contributed by atoms with van der Waals surface area (Å²) in [5.74, 6) is 0.444. The van der Waals surface area contributed by atoms with Gasteiger partial charge in [-0.15, -0.1) is 0 Å². The summed E-state index contributed by atoms with van der Waals surface area (Å²) < 4.78 is 14.4. The van der Waals surface area contributed by atoms with Crippen molar-refractivity contribution in [3.63, 3.8) is 0 Å². The van der Waals surface area contributed by atoms with Gasteiger partial charge in [0.05, 0.1) is 24.6 Å². The van der Waals surface area contributed by atoms with Crippen LogP contribution in [0.4, 0.5) is 10.3 Å². The zero-order valence-corrected chi connectivity index (χ0v) is 12.8. The number of halogens is 1. The lowest BCUT2D eigenvalue weighted by atomic mass is 9.97. The summed E-state index contributed by atoms with van der Waals surface area (Å²) >= 11 is 0. The van der Waals surface area contributed by atoms with Gasteiger partial charge in [-0.25, -0.2) is 19.0 Å². The van der Waals surface area contributed by atoms with Crippen LogP contribution in [0.3, 0.4) is 0 Å². The van der Waals surface area contributed by atoms with Gasteiger partial charge in [-0.05, 0) is 31.2 Å². The van der Waals surface area contributed by atoms with E-state index in [1.54, 1.807) is 10.7 Å². The molecule has 0 aromatic carbocycles. The molecular formula is C16H18FN5O. The van der Waals surface area contributed by atoms with Crippen molar-refractivity contribution in [2.45, 2.75) is 32.2 Å². The van der Waals surface area contributed by atoms with Gasteiger partial charge in [-0.3, -0.25) is 4.79 Å². The van der Waals surface area contributed by atoms with Crippen LogP contribution in [0, 0.1) is 11.7 Å². The molecule has 7 heteroatoms. The third-order valence-corrected chi connectivity index (χ3v) is 4.55. The molecule has 4 rings (SSSR count). The van der Waals surface area contributed by atoms with Crippen molar-refractivity contribution in [3.8, 4) is 0 Å². The average Bonchev–Trinajstić information content (AvgIpc) is 2.52. The fraction of sp³-hybridized carbons (Fsp3) is 0.500. The predicted molar refractivity (Wildman–Crippen MR) is 82.8 cm³/mol. The van der Waals surface area contributed by atoms with Crippen molar-refractivity contribution in [1.82, 2.24) is 19.7 Å². The van der Waals surface area contributed by atoms with Gasteiger partial charge >= 0.3 is 0 Å². The highest BCUT2D eigenvalue weighted by Gasteiger charge is 2.29. The number of aromatic nitrogens is 4. The molecular weight excluding hydrogens is 297 g/mol. The van der Waals surface area contributed by atoms with Crippen LogP contribution >= 0.6 is 0 Å². The Bertz CT molecular complexity index is 767. The van der Waals surface area contributed by atoms with E-state index in [1.807, 2.05) is 4.90 Å². The monoisotopic (exact) mass is 315 g/mol. The maximum absolute atomic E-state index is 12.8. The molecule has 0 atom stereocenters. The smallest absolute Gasteiger partial charge is 0.267 e. The molecule has 0 saturated carbocycles. The Kier molecular flexibility index (Phi) is 3.55. The van der Waals surface area contributed by atoms with E-state index in [0.717, 1.165) is 50.0 Å². The topological polar surface area (TPSA) is 63.9 Å². The third-order valence-electron chi connectivity index (χ3n) is 4.55. The van der Waals surface area contributed by atoms with Crippen LogP contribution in [0.1, 0.15) is 24.1 Å². The van der Waals surface area contributed by atoms with Gasteiger partial charge in [0.15, 0.2) is 5.82 Å². The van der Waals surface area contributed by atoms with Gasteiger partial charge < -0.3 is 4.90 Å². The van der Waals surface area contributed by atoms with Crippen LogP contribution in [0.15, 0.2) is 23.3 Å². The molecule has 120 valence electrons. The lowest BCUT2D eigenvalue weighted by Gasteiger charge is -2.39. The van der Waals surface area contributed by atoms with Crippen LogP contribution in [-0.4, -0.2) is 32.8 Å². The summed E-state index contributed by atoms with van der Waals surface area (Å²) in [6.07, 6.45) is 6.58. The van der Waals surface area contributed by atoms with Gasteiger partial charge in [-0.2, -0.15) is 5.10 Å². The number of fused-ring (bicyclic) bond motifs is 1. The number of nitrogens with zero attached hydrogens (tertiary/aromatic N) is 5. The summed E-state index contributed by atoms with van der Waals surface area (Å²) in [7, 11) is 0. The van der Waals surface area contributed by atoms with Gasteiger partial charge in [0.1, 0.15) is 0 Å². The Morgan fingerprint density at radius 2 is 1.91 bits per heavy atom. The van der Waals surface area contributed by atoms with Gasteiger partial charge in [0.25, 0.3) is 5.56 Å². The lowest BCUT2D eigenvalue weighted by Crippen LogP contribution is -2.50. The highest BCUT2D eigenvalue weighted by atomic mass is 19.1. The largest absolute Gasteiger partial charge is 0.340 e. The minimum Gasteiger partial charge on any atom is -0.340 e. The molecule has 0 radical (unpaired) electrons. The number of aryl methyl sites for hydroxylation is 2. The maximum atomic E-state index is 12.8. The quantitative estimate of drug-likeness (QED) is 0.851. The minimum atomic E-state index is -0.435. The molecule has 0 spiro atoms. The van der Waals surface area contributed by atoms with Crippen molar-refractivity contribution in [2.24, 2.45) is 5.92 Å². The Labute approximate surface area is 133 Å². The second-order valence-electron chi connectivity index (χ2n) is 6.32. The molecule has 6 nitrogen and oxygen atoms in total. The highest BCUT2D eigenvalue weighted by Crippen LogP contribution is 2.22. The van der Waals surface area contributed by atoms with E-state index < -0.39 is 5.82 Å². The summed E-state index contributed by atoms with van der Waals surface area (Å²) in [5.41, 5.74) is 2.18. The van der Waals surface area contributed by atoms with E-state index >= 15 is 0 Å². The lowest BCUT2D eigenvalue weighted by molar-refractivity contribution is 0.327. The molecule has 0 amide bonds. The molecule has 3 heterocycles. The number of anilines is 1. The molecule has 1 fully saturated rings. The summed E-state index contributed by atoms with van der Waals surface area (Å²) in [4.78, 5) is 22.1. The molecule has 2 aromatic rings. The predicted octanol–water partition coefficient (Wildman–Crippen LogP) is 1.19. The van der Waals surface area contributed by atoms with E-state index in [9.17, 15) is 9.18 Å². The van der Waals surface area contributed by atoms with Crippen molar-refractivity contribution in [3.05, 3.63) is 45.9 Å². The highest BCUT2D eigenvalue weighted by molar-refractivity contribution is 5.33. The van der Waals surface area contributed by atoms with E-state index in [1.165, 1.54) is 12.4 Å². The van der Waals surface area contributed by atoms with E-state index in [0.29, 0.717) is 18.4 Å². The Balaban J connectivity index is 1.42. The van der Waals surface area contributed by atoms with E-state index in [2.05, 4.69) is 15.1 Å². The van der Waals surface area contributed by atoms with Crippen molar-refractivity contribution in [1.29, 1.82) is 0 Å². The summed E-state index contributed by atoms with van der Waals surface area (Å²) in [6, 6.07) is 1.75. The third kappa shape index (κ3) is 2.83. The Morgan fingerprint density at radius 1 is 1.17 bits per heavy atom. The maximum Gasteiger partial charge on any atom is 0.267 e. The fourth-order valence-corrected chi connectivity index (χ4v) is 3.29. The zero-order valence-electron chi connectivity index (χ0n) is 12.8. The van der Waals surface area contributed by atoms with E-state index in [-0.39, 0.29) is 5.56 Å². The second-order valence-corrected chi connectivity index (χ2v) is 6.32. The molecule has 0 bridgehead atoms. The van der Waals surface area contributed by atoms with Crippen LogP contribution < -0.4 is 10.5 Å². The van der Waals surface area contributed by atoms with E-state index in [4.69, 9.17) is 0 Å². The van der Waals surface area contributed by atoms with Crippen molar-refractivity contribution in [2.75, 3.05) is 18.0 Å². The molecule has 23 heavy (non-hydrogen) atoms. The Morgan fingerprint density at radius 3 is 2.70 bits per heavy atom. The second kappa shape index (κ2) is 5.72. The summed E-state index contributed by atoms with van der Waals surface area (Å²) in [5, 5.41) is 4.55. The number of hydrogen-bond donors (Lipinski definition) is 0.